The average Bonchev–Trinajstić information content (AvgIpc) is 3.21. The predicted octanol–water partition coefficient (Wildman–Crippen LogP) is 5.10. The van der Waals surface area contributed by atoms with Gasteiger partial charge in [0.1, 0.15) is 17.2 Å². The van der Waals surface area contributed by atoms with Crippen molar-refractivity contribution >= 4 is 22.6 Å². The lowest BCUT2D eigenvalue weighted by atomic mass is 10.2. The minimum absolute atomic E-state index is 0.269. The Balaban J connectivity index is 1.52. The van der Waals surface area contributed by atoms with Gasteiger partial charge >= 0.3 is 5.69 Å². The number of nitrogens with zero attached hydrogens (tertiary/aromatic N) is 3. The highest BCUT2D eigenvalue weighted by atomic mass is 16.5. The Hall–Kier alpha value is -5.11. The second-order valence-electron chi connectivity index (χ2n) is 7.83. The van der Waals surface area contributed by atoms with Crippen molar-refractivity contribution in [2.24, 2.45) is 0 Å². The molecule has 0 unspecified atom stereocenters. The average molecular weight is 479 g/mol. The Bertz CT molecular complexity index is 1620. The number of fused-ring (bicyclic) bond motifs is 1. The normalized spacial score (nSPS) is 10.7. The molecule has 0 radical (unpaired) electrons. The standard InChI is InChI=1S/C28H22N4O4/c1-3-27(33)30-19-5-4-6-21(17-19)32-25-15-16-29-18-26(25)31(28(32)34)20-7-9-23(10-8-20)36-24-13-11-22(35-2)12-14-24/h3-18H,1H2,2H3,(H,30,33). The smallest absolute Gasteiger partial charge is 0.338 e. The molecule has 5 rings (SSSR count). The highest BCUT2D eigenvalue weighted by Crippen LogP contribution is 2.26. The van der Waals surface area contributed by atoms with Crippen LogP contribution in [0.4, 0.5) is 5.69 Å². The fraction of sp³-hybridized carbons (Fsp3) is 0.0357. The number of carbonyl (C=O) groups is 1. The summed E-state index contributed by atoms with van der Waals surface area (Å²) in [5.74, 6) is 1.72. The second kappa shape index (κ2) is 9.63. The number of hydrogen-bond acceptors (Lipinski definition) is 5. The first-order valence-corrected chi connectivity index (χ1v) is 11.1. The summed E-state index contributed by atoms with van der Waals surface area (Å²) in [6.07, 6.45) is 4.48. The van der Waals surface area contributed by atoms with Gasteiger partial charge in [0.05, 0.1) is 35.7 Å². The molecule has 5 aromatic rings. The van der Waals surface area contributed by atoms with Crippen molar-refractivity contribution in [1.82, 2.24) is 14.1 Å². The molecule has 0 saturated carbocycles. The number of rotatable bonds is 7. The van der Waals surface area contributed by atoms with Crippen molar-refractivity contribution in [3.05, 3.63) is 114 Å². The van der Waals surface area contributed by atoms with Crippen LogP contribution in [0.15, 0.2) is 109 Å². The van der Waals surface area contributed by atoms with Gasteiger partial charge in [0, 0.05) is 11.9 Å². The number of methoxy groups -OCH3 is 1. The molecule has 0 bridgehead atoms. The topological polar surface area (TPSA) is 87.4 Å². The Morgan fingerprint density at radius 2 is 1.56 bits per heavy atom. The fourth-order valence-corrected chi connectivity index (χ4v) is 3.90. The highest BCUT2D eigenvalue weighted by Gasteiger charge is 2.16. The summed E-state index contributed by atoms with van der Waals surface area (Å²) in [5.41, 5.74) is 2.88. The van der Waals surface area contributed by atoms with Crippen molar-refractivity contribution in [1.29, 1.82) is 0 Å². The summed E-state index contributed by atoms with van der Waals surface area (Å²) in [7, 11) is 1.61. The molecular formula is C28H22N4O4. The fourth-order valence-electron chi connectivity index (χ4n) is 3.90. The van der Waals surface area contributed by atoms with Crippen LogP contribution < -0.4 is 20.5 Å². The van der Waals surface area contributed by atoms with E-state index in [0.29, 0.717) is 39.6 Å². The van der Waals surface area contributed by atoms with Crippen LogP contribution in [0.5, 0.6) is 17.2 Å². The second-order valence-corrected chi connectivity index (χ2v) is 7.83. The van der Waals surface area contributed by atoms with Gasteiger partial charge in [-0.1, -0.05) is 12.6 Å². The molecule has 0 aliphatic rings. The summed E-state index contributed by atoms with van der Waals surface area (Å²) in [6, 6.07) is 23.4. The van der Waals surface area contributed by atoms with Gasteiger partial charge in [-0.15, -0.1) is 0 Å². The number of hydrogen-bond donors (Lipinski definition) is 1. The van der Waals surface area contributed by atoms with Gasteiger partial charge in [-0.25, -0.2) is 4.79 Å². The van der Waals surface area contributed by atoms with E-state index in [2.05, 4.69) is 16.9 Å². The van der Waals surface area contributed by atoms with Crippen LogP contribution in [-0.2, 0) is 4.79 Å². The minimum Gasteiger partial charge on any atom is -0.497 e. The lowest BCUT2D eigenvalue weighted by Crippen LogP contribution is -2.22. The van der Waals surface area contributed by atoms with Gasteiger partial charge in [-0.3, -0.25) is 18.9 Å². The third-order valence-corrected chi connectivity index (χ3v) is 5.59. The summed E-state index contributed by atoms with van der Waals surface area (Å²) in [6.45, 7) is 3.47. The van der Waals surface area contributed by atoms with E-state index in [0.717, 1.165) is 5.75 Å². The first-order valence-electron chi connectivity index (χ1n) is 11.1. The summed E-state index contributed by atoms with van der Waals surface area (Å²) >= 11 is 0. The largest absolute Gasteiger partial charge is 0.497 e. The van der Waals surface area contributed by atoms with Gasteiger partial charge in [0.25, 0.3) is 0 Å². The van der Waals surface area contributed by atoms with E-state index >= 15 is 0 Å². The van der Waals surface area contributed by atoms with E-state index in [9.17, 15) is 9.59 Å². The SMILES string of the molecule is C=CC(=O)Nc1cccc(-n2c(=O)n(-c3ccc(Oc4ccc(OC)cc4)cc3)c3cnccc32)c1. The molecule has 0 saturated heterocycles. The Morgan fingerprint density at radius 3 is 2.25 bits per heavy atom. The molecule has 0 spiro atoms. The molecule has 3 aromatic carbocycles. The zero-order valence-electron chi connectivity index (χ0n) is 19.4. The molecular weight excluding hydrogens is 456 g/mol. The molecule has 36 heavy (non-hydrogen) atoms. The van der Waals surface area contributed by atoms with E-state index in [1.54, 1.807) is 71.1 Å². The number of aromatic nitrogens is 3. The van der Waals surface area contributed by atoms with Crippen molar-refractivity contribution < 1.29 is 14.3 Å². The summed E-state index contributed by atoms with van der Waals surface area (Å²) in [5, 5.41) is 2.73. The van der Waals surface area contributed by atoms with E-state index in [1.165, 1.54) is 6.08 Å². The molecule has 2 aromatic heterocycles. The van der Waals surface area contributed by atoms with Crippen LogP contribution in [0.25, 0.3) is 22.4 Å². The monoisotopic (exact) mass is 478 g/mol. The minimum atomic E-state index is -0.330. The number of benzene rings is 3. The number of pyridine rings is 1. The highest BCUT2D eigenvalue weighted by molar-refractivity contribution is 5.99. The van der Waals surface area contributed by atoms with E-state index in [4.69, 9.17) is 9.47 Å². The van der Waals surface area contributed by atoms with Gasteiger partial charge in [0.15, 0.2) is 0 Å². The number of nitrogens with one attached hydrogen (secondary N) is 1. The zero-order valence-corrected chi connectivity index (χ0v) is 19.4. The van der Waals surface area contributed by atoms with Crippen LogP contribution in [0.1, 0.15) is 0 Å². The molecule has 1 N–H and O–H groups in total. The van der Waals surface area contributed by atoms with E-state index in [1.807, 2.05) is 36.4 Å². The number of ether oxygens (including phenoxy) is 2. The quantitative estimate of drug-likeness (QED) is 0.329. The zero-order chi connectivity index (χ0) is 25.1. The molecule has 8 heteroatoms. The lowest BCUT2D eigenvalue weighted by Gasteiger charge is -2.08. The maximum atomic E-state index is 13.7. The maximum absolute atomic E-state index is 13.7. The van der Waals surface area contributed by atoms with Crippen LogP contribution in [0, 0.1) is 0 Å². The lowest BCUT2D eigenvalue weighted by molar-refractivity contribution is -0.111. The van der Waals surface area contributed by atoms with Crippen LogP contribution in [0.3, 0.4) is 0 Å². The molecule has 2 heterocycles. The maximum Gasteiger partial charge on any atom is 0.338 e. The van der Waals surface area contributed by atoms with Gasteiger partial charge in [-0.2, -0.15) is 0 Å². The molecule has 1 amide bonds. The summed E-state index contributed by atoms with van der Waals surface area (Å²) in [4.78, 5) is 29.6. The van der Waals surface area contributed by atoms with Crippen molar-refractivity contribution in [3.8, 4) is 28.6 Å². The van der Waals surface area contributed by atoms with E-state index in [-0.39, 0.29) is 11.6 Å². The number of amides is 1. The number of imidazole rings is 1. The van der Waals surface area contributed by atoms with Crippen LogP contribution >= 0.6 is 0 Å². The van der Waals surface area contributed by atoms with Crippen LogP contribution in [0.2, 0.25) is 0 Å². The Morgan fingerprint density at radius 1 is 0.889 bits per heavy atom. The molecule has 0 aliphatic carbocycles. The first-order chi connectivity index (χ1) is 17.6. The van der Waals surface area contributed by atoms with Crippen molar-refractivity contribution in [2.45, 2.75) is 0 Å². The molecule has 178 valence electrons. The van der Waals surface area contributed by atoms with E-state index < -0.39 is 0 Å². The number of carbonyl (C=O) groups excluding carboxylic acids is 1. The van der Waals surface area contributed by atoms with Gasteiger partial charge in [-0.05, 0) is 78.9 Å². The van der Waals surface area contributed by atoms with Crippen molar-refractivity contribution in [3.63, 3.8) is 0 Å². The molecule has 0 aliphatic heterocycles. The Labute approximate surface area is 206 Å². The first kappa shape index (κ1) is 22.7. The van der Waals surface area contributed by atoms with Gasteiger partial charge < -0.3 is 14.8 Å². The van der Waals surface area contributed by atoms with Gasteiger partial charge in [0.2, 0.25) is 5.91 Å². The Kier molecular flexibility index (Phi) is 6.07. The van der Waals surface area contributed by atoms with Crippen molar-refractivity contribution in [2.75, 3.05) is 12.4 Å². The third kappa shape index (κ3) is 4.35. The molecule has 8 nitrogen and oxygen atoms in total. The third-order valence-electron chi connectivity index (χ3n) is 5.59. The molecule has 0 atom stereocenters. The predicted molar refractivity (Wildman–Crippen MR) is 139 cm³/mol. The molecule has 0 fully saturated rings. The van der Waals surface area contributed by atoms with Crippen LogP contribution in [-0.4, -0.2) is 27.1 Å². The summed E-state index contributed by atoms with van der Waals surface area (Å²) < 4.78 is 14.3. The number of anilines is 1.